The number of hydrogen-bond donors (Lipinski definition) is 6. The molecule has 0 heterocycles. The van der Waals surface area contributed by atoms with Gasteiger partial charge in [-0.1, -0.05) is 44.2 Å². The molecule has 12 nitrogen and oxygen atoms in total. The maximum atomic E-state index is 13.2. The van der Waals surface area contributed by atoms with Crippen LogP contribution in [-0.2, 0) is 30.3 Å². The summed E-state index contributed by atoms with van der Waals surface area (Å²) in [6, 6.07) is 3.41. The molecule has 0 aliphatic carbocycles. The minimum atomic E-state index is -5.10. The molecule has 0 fully saturated rings. The molecule has 7 N–H and O–H groups in total. The molecule has 0 saturated carbocycles. The van der Waals surface area contributed by atoms with Crippen LogP contribution in [0.1, 0.15) is 45.6 Å². The summed E-state index contributed by atoms with van der Waals surface area (Å²) in [6.07, 6.45) is -9.66. The van der Waals surface area contributed by atoms with Gasteiger partial charge in [0.1, 0.15) is 18.1 Å². The second kappa shape index (κ2) is 16.4. The lowest BCUT2D eigenvalue weighted by atomic mass is 10.0. The number of ether oxygens (including phenoxy) is 1. The predicted molar refractivity (Wildman–Crippen MR) is 141 cm³/mol. The molecule has 41 heavy (non-hydrogen) atoms. The van der Waals surface area contributed by atoms with E-state index in [0.29, 0.717) is 6.42 Å². The van der Waals surface area contributed by atoms with Crippen LogP contribution in [0.4, 0.5) is 18.0 Å². The van der Waals surface area contributed by atoms with Gasteiger partial charge in [0.2, 0.25) is 23.6 Å². The predicted octanol–water partition coefficient (Wildman–Crippen LogP) is 0.663. The third kappa shape index (κ3) is 12.4. The molecule has 230 valence electrons. The summed E-state index contributed by atoms with van der Waals surface area (Å²) in [5.41, 5.74) is 5.83. The fourth-order valence-electron chi connectivity index (χ4n) is 3.73. The Morgan fingerprint density at radius 3 is 2.02 bits per heavy atom. The van der Waals surface area contributed by atoms with Crippen LogP contribution < -0.4 is 27.0 Å². The standard InChI is InChI=1S/C26H38F3N5O7/c1-14(2)20(34-25(40)41-4)24(39)33-18(11-10-16-8-6-5-7-9-16)23(38)31-15(3)22(37)32-17(12-13-19(30)35)21(36)26(27,28)29/h5-9,14-15,17-18,20-21,36H,10-13H2,1-4H3,(H2,30,35)(H,31,38)(H,32,37)(H,33,39)(H,34,40). The number of nitrogens with two attached hydrogens (primary N) is 1. The molecule has 0 aromatic heterocycles. The quantitative estimate of drug-likeness (QED) is 0.173. The number of nitrogens with one attached hydrogen (secondary N) is 4. The summed E-state index contributed by atoms with van der Waals surface area (Å²) in [5.74, 6) is -3.91. The van der Waals surface area contributed by atoms with Crippen LogP contribution in [0, 0.1) is 5.92 Å². The number of aliphatic hydroxyl groups is 1. The van der Waals surface area contributed by atoms with E-state index in [1.165, 1.54) is 6.92 Å². The van der Waals surface area contributed by atoms with Crippen molar-refractivity contribution in [2.45, 2.75) is 82.9 Å². The lowest BCUT2D eigenvalue weighted by molar-refractivity contribution is -0.212. The van der Waals surface area contributed by atoms with E-state index in [-0.39, 0.29) is 6.42 Å². The van der Waals surface area contributed by atoms with Gasteiger partial charge in [0.25, 0.3) is 0 Å². The number of aryl methyl sites for hydroxylation is 1. The number of rotatable bonds is 15. The van der Waals surface area contributed by atoms with Crippen LogP contribution >= 0.6 is 0 Å². The summed E-state index contributed by atoms with van der Waals surface area (Å²) in [7, 11) is 1.12. The fraction of sp³-hybridized carbons (Fsp3) is 0.577. The first-order valence-corrected chi connectivity index (χ1v) is 12.9. The molecule has 1 aromatic rings. The van der Waals surface area contributed by atoms with Crippen molar-refractivity contribution in [3.05, 3.63) is 35.9 Å². The maximum Gasteiger partial charge on any atom is 0.416 e. The van der Waals surface area contributed by atoms with Crippen molar-refractivity contribution < 1.29 is 47.0 Å². The Labute approximate surface area is 235 Å². The van der Waals surface area contributed by atoms with Crippen LogP contribution in [0.5, 0.6) is 0 Å². The van der Waals surface area contributed by atoms with Crippen molar-refractivity contribution in [2.75, 3.05) is 7.11 Å². The van der Waals surface area contributed by atoms with Gasteiger partial charge < -0.3 is 36.8 Å². The van der Waals surface area contributed by atoms with E-state index < -0.39 is 84.9 Å². The smallest absolute Gasteiger partial charge is 0.416 e. The lowest BCUT2D eigenvalue weighted by Gasteiger charge is -2.28. The van der Waals surface area contributed by atoms with Gasteiger partial charge in [-0.05, 0) is 37.7 Å². The number of alkyl carbamates (subject to hydrolysis) is 1. The summed E-state index contributed by atoms with van der Waals surface area (Å²) < 4.78 is 43.8. The second-order valence-electron chi connectivity index (χ2n) is 9.78. The highest BCUT2D eigenvalue weighted by Crippen LogP contribution is 2.24. The van der Waals surface area contributed by atoms with E-state index in [1.54, 1.807) is 44.2 Å². The number of benzene rings is 1. The summed E-state index contributed by atoms with van der Waals surface area (Å²) in [6.45, 7) is 4.52. The Balaban J connectivity index is 3.06. The molecule has 5 atom stereocenters. The summed E-state index contributed by atoms with van der Waals surface area (Å²) >= 11 is 0. The Kier molecular flexibility index (Phi) is 14.1. The van der Waals surface area contributed by atoms with E-state index in [9.17, 15) is 42.3 Å². The fourth-order valence-corrected chi connectivity index (χ4v) is 3.73. The molecule has 0 radical (unpaired) electrons. The minimum absolute atomic E-state index is 0.0764. The number of halogens is 3. The Morgan fingerprint density at radius 2 is 1.51 bits per heavy atom. The van der Waals surface area contributed by atoms with E-state index in [4.69, 9.17) is 5.73 Å². The van der Waals surface area contributed by atoms with Crippen molar-refractivity contribution in [3.63, 3.8) is 0 Å². The SMILES string of the molecule is COC(=O)NC(C(=O)NC(CCc1ccccc1)C(=O)NC(C)C(=O)NC(CCC(N)=O)C(O)C(F)(F)F)C(C)C. The monoisotopic (exact) mass is 589 g/mol. The van der Waals surface area contributed by atoms with Gasteiger partial charge in [0.05, 0.1) is 13.2 Å². The van der Waals surface area contributed by atoms with Gasteiger partial charge in [0.15, 0.2) is 6.10 Å². The minimum Gasteiger partial charge on any atom is -0.453 e. The number of amides is 5. The lowest BCUT2D eigenvalue weighted by Crippen LogP contribution is -2.58. The van der Waals surface area contributed by atoms with Gasteiger partial charge in [0, 0.05) is 6.42 Å². The number of methoxy groups -OCH3 is 1. The molecule has 0 aliphatic rings. The number of hydrogen-bond acceptors (Lipinski definition) is 7. The van der Waals surface area contributed by atoms with Crippen molar-refractivity contribution in [1.29, 1.82) is 0 Å². The first-order chi connectivity index (χ1) is 19.1. The zero-order chi connectivity index (χ0) is 31.3. The van der Waals surface area contributed by atoms with Gasteiger partial charge in [-0.15, -0.1) is 0 Å². The molecular formula is C26H38F3N5O7. The molecule has 0 bridgehead atoms. The number of primary amides is 1. The average Bonchev–Trinajstić information content (AvgIpc) is 2.90. The molecule has 0 spiro atoms. The molecule has 15 heteroatoms. The van der Waals surface area contributed by atoms with Crippen LogP contribution in [0.15, 0.2) is 30.3 Å². The molecule has 1 rings (SSSR count). The highest BCUT2D eigenvalue weighted by atomic mass is 19.4. The van der Waals surface area contributed by atoms with Gasteiger partial charge >= 0.3 is 12.3 Å². The second-order valence-corrected chi connectivity index (χ2v) is 9.78. The summed E-state index contributed by atoms with van der Waals surface area (Å²) in [5, 5.41) is 19.0. The topological polar surface area (TPSA) is 189 Å². The Hall–Kier alpha value is -3.88. The van der Waals surface area contributed by atoms with Crippen molar-refractivity contribution in [3.8, 4) is 0 Å². The zero-order valence-corrected chi connectivity index (χ0v) is 23.3. The van der Waals surface area contributed by atoms with Crippen molar-refractivity contribution in [2.24, 2.45) is 11.7 Å². The van der Waals surface area contributed by atoms with Crippen LogP contribution in [0.2, 0.25) is 0 Å². The Bertz CT molecular complexity index is 1040. The van der Waals surface area contributed by atoms with E-state index in [2.05, 4.69) is 20.7 Å². The van der Waals surface area contributed by atoms with E-state index in [0.717, 1.165) is 12.7 Å². The molecule has 0 aliphatic heterocycles. The highest BCUT2D eigenvalue weighted by Gasteiger charge is 2.44. The third-order valence-electron chi connectivity index (χ3n) is 6.10. The first kappa shape index (κ1) is 35.1. The van der Waals surface area contributed by atoms with Crippen LogP contribution in [-0.4, -0.2) is 78.4 Å². The molecule has 5 amide bonds. The number of carbonyl (C=O) groups excluding carboxylic acids is 5. The molecular weight excluding hydrogens is 551 g/mol. The summed E-state index contributed by atoms with van der Waals surface area (Å²) in [4.78, 5) is 61.6. The largest absolute Gasteiger partial charge is 0.453 e. The van der Waals surface area contributed by atoms with Gasteiger partial charge in [-0.3, -0.25) is 19.2 Å². The maximum absolute atomic E-state index is 13.2. The first-order valence-electron chi connectivity index (χ1n) is 12.9. The normalized spacial score (nSPS) is 15.0. The van der Waals surface area contributed by atoms with Gasteiger partial charge in [-0.25, -0.2) is 4.79 Å². The van der Waals surface area contributed by atoms with Crippen LogP contribution in [0.3, 0.4) is 0 Å². The van der Waals surface area contributed by atoms with Crippen molar-refractivity contribution >= 4 is 29.7 Å². The van der Waals surface area contributed by atoms with E-state index >= 15 is 0 Å². The van der Waals surface area contributed by atoms with Gasteiger partial charge in [-0.2, -0.15) is 13.2 Å². The highest BCUT2D eigenvalue weighted by molar-refractivity contribution is 5.93. The molecule has 5 unspecified atom stereocenters. The number of aliphatic hydroxyl groups excluding tert-OH is 1. The third-order valence-corrected chi connectivity index (χ3v) is 6.10. The van der Waals surface area contributed by atoms with E-state index in [1.807, 2.05) is 5.32 Å². The number of carbonyl (C=O) groups is 5. The zero-order valence-electron chi connectivity index (χ0n) is 23.3. The molecule has 1 aromatic carbocycles. The number of alkyl halides is 3. The Morgan fingerprint density at radius 1 is 0.902 bits per heavy atom. The van der Waals surface area contributed by atoms with Crippen molar-refractivity contribution in [1.82, 2.24) is 21.3 Å². The van der Waals surface area contributed by atoms with Crippen LogP contribution in [0.25, 0.3) is 0 Å². The molecule has 0 saturated heterocycles. The average molecular weight is 590 g/mol.